The summed E-state index contributed by atoms with van der Waals surface area (Å²) in [6, 6.07) is 6.34. The molecule has 9 nitrogen and oxygen atoms in total. The Kier molecular flexibility index (Phi) is 4.89. The largest absolute Gasteiger partial charge is 0.493 e. The van der Waals surface area contributed by atoms with Gasteiger partial charge >= 0.3 is 12.0 Å². The summed E-state index contributed by atoms with van der Waals surface area (Å²) >= 11 is 0. The van der Waals surface area contributed by atoms with Crippen LogP contribution < -0.4 is 10.1 Å². The Morgan fingerprint density at radius 1 is 1.24 bits per heavy atom. The molecule has 1 aromatic rings. The maximum atomic E-state index is 13.1. The molecule has 0 aromatic heterocycles. The van der Waals surface area contributed by atoms with E-state index in [0.717, 1.165) is 17.7 Å². The number of nitrogens with one attached hydrogen (secondary N) is 1. The average Bonchev–Trinajstić information content (AvgIpc) is 3.32. The highest BCUT2D eigenvalue weighted by molar-refractivity contribution is 6.09. The molecule has 1 aromatic carbocycles. The lowest BCUT2D eigenvalue weighted by atomic mass is 9.84. The minimum atomic E-state index is -1.25. The molecule has 2 saturated heterocycles. The molecule has 4 amide bonds. The van der Waals surface area contributed by atoms with Crippen LogP contribution in [0.2, 0.25) is 0 Å². The first kappa shape index (κ1) is 19.2. The van der Waals surface area contributed by atoms with Crippen LogP contribution in [0.5, 0.6) is 5.75 Å². The smallest absolute Gasteiger partial charge is 0.327 e. The lowest BCUT2D eigenvalue weighted by molar-refractivity contribution is -0.160. The van der Waals surface area contributed by atoms with E-state index in [2.05, 4.69) is 5.32 Å². The van der Waals surface area contributed by atoms with E-state index >= 15 is 0 Å². The average molecular weight is 401 g/mol. The molecule has 2 atom stereocenters. The molecule has 29 heavy (non-hydrogen) atoms. The highest BCUT2D eigenvalue weighted by atomic mass is 16.5. The normalized spacial score (nSPS) is 24.2. The molecule has 2 fully saturated rings. The van der Waals surface area contributed by atoms with E-state index in [1.165, 1.54) is 6.92 Å². The number of carbonyl (C=O) groups excluding carboxylic acids is 4. The number of esters is 1. The van der Waals surface area contributed by atoms with Crippen molar-refractivity contribution in [2.75, 3.05) is 26.2 Å². The van der Waals surface area contributed by atoms with Crippen LogP contribution in [-0.2, 0) is 24.7 Å². The van der Waals surface area contributed by atoms with Crippen molar-refractivity contribution in [3.05, 3.63) is 29.8 Å². The molecule has 0 radical (unpaired) electrons. The van der Waals surface area contributed by atoms with E-state index in [1.54, 1.807) is 29.2 Å². The number of carbonyl (C=O) groups is 4. The van der Waals surface area contributed by atoms with Gasteiger partial charge < -0.3 is 19.7 Å². The van der Waals surface area contributed by atoms with Crippen LogP contribution >= 0.6 is 0 Å². The van der Waals surface area contributed by atoms with Crippen molar-refractivity contribution in [1.29, 1.82) is 0 Å². The molecule has 9 heteroatoms. The van der Waals surface area contributed by atoms with Crippen molar-refractivity contribution in [1.82, 2.24) is 15.1 Å². The third kappa shape index (κ3) is 3.30. The van der Waals surface area contributed by atoms with Gasteiger partial charge in [0.2, 0.25) is 0 Å². The summed E-state index contributed by atoms with van der Waals surface area (Å²) in [6.07, 6.45) is 1.17. The summed E-state index contributed by atoms with van der Waals surface area (Å²) in [7, 11) is 0. The highest BCUT2D eigenvalue weighted by Gasteiger charge is 2.55. The molecule has 1 spiro atoms. The third-order valence-electron chi connectivity index (χ3n) is 5.62. The first-order valence-corrected chi connectivity index (χ1v) is 9.77. The molecular weight excluding hydrogens is 378 g/mol. The van der Waals surface area contributed by atoms with Crippen molar-refractivity contribution in [3.63, 3.8) is 0 Å². The number of nitrogens with zero attached hydrogens (tertiary/aromatic N) is 2. The molecule has 1 N–H and O–H groups in total. The van der Waals surface area contributed by atoms with Crippen LogP contribution in [0.15, 0.2) is 24.3 Å². The van der Waals surface area contributed by atoms with E-state index in [-0.39, 0.29) is 18.9 Å². The van der Waals surface area contributed by atoms with E-state index in [0.29, 0.717) is 24.4 Å². The number of fused-ring (bicyclic) bond motifs is 2. The first-order valence-electron chi connectivity index (χ1n) is 9.77. The SMILES string of the molecule is C[C@H](OC(=O)CN1C(=O)N[C@]2(CCOc3ccccc32)C1=O)C(=O)N1CCCC1. The monoisotopic (exact) mass is 401 g/mol. The van der Waals surface area contributed by atoms with E-state index < -0.39 is 36.1 Å². The molecule has 0 aliphatic carbocycles. The van der Waals surface area contributed by atoms with Gasteiger partial charge in [-0.3, -0.25) is 19.3 Å². The van der Waals surface area contributed by atoms with Crippen LogP contribution in [0.3, 0.4) is 0 Å². The number of hydrogen-bond donors (Lipinski definition) is 1. The molecule has 3 heterocycles. The summed E-state index contributed by atoms with van der Waals surface area (Å²) in [5.74, 6) is -1.05. The summed E-state index contributed by atoms with van der Waals surface area (Å²) in [6.45, 7) is 2.52. The number of para-hydroxylation sites is 1. The van der Waals surface area contributed by atoms with Gasteiger partial charge in [-0.1, -0.05) is 18.2 Å². The fourth-order valence-corrected chi connectivity index (χ4v) is 4.12. The van der Waals surface area contributed by atoms with E-state index in [4.69, 9.17) is 9.47 Å². The fraction of sp³-hybridized carbons (Fsp3) is 0.500. The van der Waals surface area contributed by atoms with Crippen molar-refractivity contribution >= 4 is 23.8 Å². The van der Waals surface area contributed by atoms with Gasteiger partial charge in [-0.05, 0) is 25.8 Å². The lowest BCUT2D eigenvalue weighted by Gasteiger charge is -2.33. The Balaban J connectivity index is 1.45. The number of amides is 4. The van der Waals surface area contributed by atoms with Gasteiger partial charge in [-0.15, -0.1) is 0 Å². The molecule has 154 valence electrons. The van der Waals surface area contributed by atoms with Gasteiger partial charge in [0.25, 0.3) is 11.8 Å². The van der Waals surface area contributed by atoms with Crippen molar-refractivity contribution in [3.8, 4) is 5.75 Å². The Morgan fingerprint density at radius 2 is 1.97 bits per heavy atom. The van der Waals surface area contributed by atoms with E-state index in [1.807, 2.05) is 0 Å². The Labute approximate surface area is 167 Å². The van der Waals surface area contributed by atoms with Crippen molar-refractivity contribution < 1.29 is 28.7 Å². The maximum absolute atomic E-state index is 13.1. The Hall–Kier alpha value is -3.10. The fourth-order valence-electron chi connectivity index (χ4n) is 4.12. The van der Waals surface area contributed by atoms with Crippen LogP contribution in [0.25, 0.3) is 0 Å². The quantitative estimate of drug-likeness (QED) is 0.590. The number of benzene rings is 1. The standard InChI is InChI=1S/C20H23N3O6/c1-13(17(25)22-9-4-5-10-22)29-16(24)12-23-18(26)20(21-19(23)27)8-11-28-15-7-3-2-6-14(15)20/h2-3,6-7,13H,4-5,8-12H2,1H3,(H,21,27)/t13-,20-/m0/s1. The topological polar surface area (TPSA) is 105 Å². The number of ether oxygens (including phenoxy) is 2. The van der Waals surface area contributed by atoms with Crippen LogP contribution in [0.4, 0.5) is 4.79 Å². The van der Waals surface area contributed by atoms with Crippen LogP contribution in [0.1, 0.15) is 31.7 Å². The van der Waals surface area contributed by atoms with Crippen molar-refractivity contribution in [2.24, 2.45) is 0 Å². The van der Waals surface area contributed by atoms with Gasteiger partial charge in [0.1, 0.15) is 12.3 Å². The summed E-state index contributed by atoms with van der Waals surface area (Å²) in [5.41, 5.74) is -0.679. The predicted molar refractivity (Wildman–Crippen MR) is 99.8 cm³/mol. The number of rotatable bonds is 4. The second-order valence-corrected chi connectivity index (χ2v) is 7.49. The minimum Gasteiger partial charge on any atom is -0.493 e. The third-order valence-corrected chi connectivity index (χ3v) is 5.62. The van der Waals surface area contributed by atoms with Crippen LogP contribution in [-0.4, -0.2) is 66.0 Å². The zero-order chi connectivity index (χ0) is 20.6. The molecule has 3 aliphatic heterocycles. The zero-order valence-electron chi connectivity index (χ0n) is 16.2. The highest BCUT2D eigenvalue weighted by Crippen LogP contribution is 2.40. The maximum Gasteiger partial charge on any atom is 0.327 e. The molecular formula is C20H23N3O6. The number of urea groups is 1. The lowest BCUT2D eigenvalue weighted by Crippen LogP contribution is -2.48. The second kappa shape index (κ2) is 7.38. The van der Waals surface area contributed by atoms with Gasteiger partial charge in [0.15, 0.2) is 11.6 Å². The Bertz CT molecular complexity index is 866. The number of imide groups is 1. The predicted octanol–water partition coefficient (Wildman–Crippen LogP) is 0.770. The minimum absolute atomic E-state index is 0.261. The summed E-state index contributed by atoms with van der Waals surface area (Å²) in [5, 5.41) is 2.73. The van der Waals surface area contributed by atoms with E-state index in [9.17, 15) is 19.2 Å². The Morgan fingerprint density at radius 3 is 2.72 bits per heavy atom. The van der Waals surface area contributed by atoms with Gasteiger partial charge in [0, 0.05) is 25.1 Å². The van der Waals surface area contributed by atoms with Gasteiger partial charge in [-0.2, -0.15) is 0 Å². The van der Waals surface area contributed by atoms with Gasteiger partial charge in [-0.25, -0.2) is 4.79 Å². The summed E-state index contributed by atoms with van der Waals surface area (Å²) in [4.78, 5) is 52.8. The van der Waals surface area contributed by atoms with Gasteiger partial charge in [0.05, 0.1) is 6.61 Å². The number of likely N-dealkylation sites (tertiary alicyclic amines) is 1. The molecule has 3 aliphatic rings. The summed E-state index contributed by atoms with van der Waals surface area (Å²) < 4.78 is 10.8. The zero-order valence-corrected chi connectivity index (χ0v) is 16.2. The molecule has 0 unspecified atom stereocenters. The van der Waals surface area contributed by atoms with Crippen LogP contribution in [0, 0.1) is 0 Å². The van der Waals surface area contributed by atoms with Crippen molar-refractivity contribution in [2.45, 2.75) is 37.8 Å². The second-order valence-electron chi connectivity index (χ2n) is 7.49. The molecule has 0 bridgehead atoms. The molecule has 4 rings (SSSR count). The number of hydrogen-bond acceptors (Lipinski definition) is 6. The molecule has 0 saturated carbocycles. The first-order chi connectivity index (χ1) is 13.9.